The summed E-state index contributed by atoms with van der Waals surface area (Å²) in [4.78, 5) is 16.4. The molecule has 12 nitrogen and oxygen atoms in total. The van der Waals surface area contributed by atoms with Gasteiger partial charge in [-0.15, -0.1) is 0 Å². The molecule has 0 aromatic heterocycles. The summed E-state index contributed by atoms with van der Waals surface area (Å²) in [6, 6.07) is -0.310. The van der Waals surface area contributed by atoms with E-state index in [1.165, 1.54) is 0 Å². The number of carbonyl (C=O) groups excluding carboxylic acids is 1. The highest BCUT2D eigenvalue weighted by atomic mass is 16.6. The van der Waals surface area contributed by atoms with E-state index in [1.54, 1.807) is 11.9 Å². The van der Waals surface area contributed by atoms with Crippen LogP contribution in [-0.2, 0) is 23.7 Å². The SMILES string of the molecule is CCO[C@@H]1[C@H]2C(O)O[C@@H]1CN2C.CCO[C@H]1[C@H](O)CN(C)[C@@H]1C=O.CCO[C@H]1[C@H](O)CN(C)[C@@H]1CO. The number of aliphatic hydroxyl groups excluding tert-OH is 4. The molecule has 0 amide bonds. The molecule has 12 heteroatoms. The van der Waals surface area contributed by atoms with Gasteiger partial charge < -0.3 is 44.2 Å². The Morgan fingerprint density at radius 2 is 1.33 bits per heavy atom. The molecule has 1 unspecified atom stereocenters. The lowest BCUT2D eigenvalue weighted by molar-refractivity contribution is -0.144. The second kappa shape index (κ2) is 15.0. The maximum absolute atomic E-state index is 10.6. The van der Waals surface area contributed by atoms with Gasteiger partial charge >= 0.3 is 0 Å². The van der Waals surface area contributed by atoms with Crippen molar-refractivity contribution in [3.05, 3.63) is 0 Å². The average molecular weight is 522 g/mol. The first-order chi connectivity index (χ1) is 17.1. The molecule has 4 N–H and O–H groups in total. The van der Waals surface area contributed by atoms with Crippen LogP contribution in [0.1, 0.15) is 20.8 Å². The molecule has 0 radical (unpaired) electrons. The maximum Gasteiger partial charge on any atom is 0.173 e. The van der Waals surface area contributed by atoms with Crippen LogP contribution < -0.4 is 0 Å². The minimum Gasteiger partial charge on any atom is -0.395 e. The summed E-state index contributed by atoms with van der Waals surface area (Å²) in [5.74, 6) is 0. The van der Waals surface area contributed by atoms with Gasteiger partial charge in [0.1, 0.15) is 30.7 Å². The first-order valence-corrected chi connectivity index (χ1v) is 12.9. The van der Waals surface area contributed by atoms with Crippen molar-refractivity contribution in [2.24, 2.45) is 0 Å². The third-order valence-electron chi connectivity index (χ3n) is 7.19. The first kappa shape index (κ1) is 31.4. The summed E-state index contributed by atoms with van der Waals surface area (Å²) < 4.78 is 21.4. The van der Waals surface area contributed by atoms with Gasteiger partial charge in [-0.25, -0.2) is 0 Å². The monoisotopic (exact) mass is 521 g/mol. The van der Waals surface area contributed by atoms with Gasteiger partial charge in [0.25, 0.3) is 0 Å². The number of hydrogen-bond acceptors (Lipinski definition) is 12. The van der Waals surface area contributed by atoms with Crippen LogP contribution in [0, 0.1) is 0 Å². The van der Waals surface area contributed by atoms with E-state index < -0.39 is 18.5 Å². The van der Waals surface area contributed by atoms with Gasteiger partial charge in [-0.2, -0.15) is 0 Å². The molecular formula is C24H47N3O9. The molecule has 4 rings (SSSR count). The molecule has 0 aromatic rings. The van der Waals surface area contributed by atoms with Crippen molar-refractivity contribution in [1.82, 2.24) is 14.7 Å². The van der Waals surface area contributed by atoms with Crippen LogP contribution in [0.25, 0.3) is 0 Å². The van der Waals surface area contributed by atoms with E-state index in [2.05, 4.69) is 4.90 Å². The molecule has 4 fully saturated rings. The van der Waals surface area contributed by atoms with Crippen LogP contribution in [0.5, 0.6) is 0 Å². The van der Waals surface area contributed by atoms with Gasteiger partial charge in [-0.05, 0) is 41.9 Å². The fourth-order valence-corrected chi connectivity index (χ4v) is 5.42. The van der Waals surface area contributed by atoms with Gasteiger partial charge in [-0.3, -0.25) is 14.7 Å². The van der Waals surface area contributed by atoms with Gasteiger partial charge in [0.2, 0.25) is 0 Å². The number of aliphatic hydroxyl groups is 4. The molecule has 36 heavy (non-hydrogen) atoms. The molecule has 212 valence electrons. The van der Waals surface area contributed by atoms with E-state index in [4.69, 9.17) is 24.1 Å². The summed E-state index contributed by atoms with van der Waals surface area (Å²) in [6.07, 6.45) is -1.29. The fourth-order valence-electron chi connectivity index (χ4n) is 5.42. The van der Waals surface area contributed by atoms with Crippen molar-refractivity contribution in [2.75, 3.05) is 67.2 Å². The lowest BCUT2D eigenvalue weighted by atomic mass is 10.1. The number of morpholine rings is 1. The molecular weight excluding hydrogens is 474 g/mol. The van der Waals surface area contributed by atoms with Crippen LogP contribution in [0.3, 0.4) is 0 Å². The number of nitrogens with zero attached hydrogens (tertiary/aromatic N) is 3. The van der Waals surface area contributed by atoms with Crippen LogP contribution in [0.2, 0.25) is 0 Å². The molecule has 4 aliphatic rings. The smallest absolute Gasteiger partial charge is 0.173 e. The molecule has 0 aliphatic carbocycles. The van der Waals surface area contributed by atoms with Gasteiger partial charge in [0.15, 0.2) is 6.29 Å². The fraction of sp³-hybridized carbons (Fsp3) is 0.958. The van der Waals surface area contributed by atoms with Gasteiger partial charge in [0, 0.05) is 39.5 Å². The molecule has 4 saturated heterocycles. The molecule has 4 heterocycles. The number of fused-ring (bicyclic) bond motifs is 2. The van der Waals surface area contributed by atoms with Crippen molar-refractivity contribution in [2.45, 2.75) is 81.8 Å². The zero-order valence-corrected chi connectivity index (χ0v) is 22.5. The summed E-state index contributed by atoms with van der Waals surface area (Å²) in [7, 11) is 5.67. The lowest BCUT2D eigenvalue weighted by Crippen LogP contribution is -2.42. The highest BCUT2D eigenvalue weighted by Gasteiger charge is 2.52. The Morgan fingerprint density at radius 1 is 0.806 bits per heavy atom. The predicted octanol–water partition coefficient (Wildman–Crippen LogP) is -2.25. The summed E-state index contributed by atoms with van der Waals surface area (Å²) in [6.45, 7) is 9.48. The predicted molar refractivity (Wildman–Crippen MR) is 132 cm³/mol. The van der Waals surface area contributed by atoms with Gasteiger partial charge in [-0.1, -0.05) is 0 Å². The Morgan fingerprint density at radius 3 is 1.83 bits per heavy atom. The largest absolute Gasteiger partial charge is 0.395 e. The third-order valence-corrected chi connectivity index (χ3v) is 7.19. The number of carbonyl (C=O) groups is 1. The lowest BCUT2D eigenvalue weighted by Gasteiger charge is -2.25. The maximum atomic E-state index is 10.6. The number of likely N-dealkylation sites (N-methyl/N-ethyl adjacent to an activating group) is 3. The van der Waals surface area contributed by atoms with Crippen molar-refractivity contribution in [3.8, 4) is 0 Å². The Labute approximate surface area is 214 Å². The second-order valence-corrected chi connectivity index (χ2v) is 9.65. The van der Waals surface area contributed by atoms with Crippen molar-refractivity contribution in [1.29, 1.82) is 0 Å². The summed E-state index contributed by atoms with van der Waals surface area (Å²) in [5.41, 5.74) is 0. The Bertz CT molecular complexity index is 629. The number of ether oxygens (including phenoxy) is 4. The van der Waals surface area contributed by atoms with E-state index in [-0.39, 0.29) is 49.1 Å². The minimum atomic E-state index is -0.662. The average Bonchev–Trinajstić information content (AvgIpc) is 3.48. The van der Waals surface area contributed by atoms with Crippen molar-refractivity contribution >= 4 is 6.29 Å². The Hall–Kier alpha value is -0.770. The van der Waals surface area contributed by atoms with Crippen molar-refractivity contribution < 1.29 is 44.2 Å². The highest BCUT2D eigenvalue weighted by Crippen LogP contribution is 2.33. The summed E-state index contributed by atoms with van der Waals surface area (Å²) in [5, 5.41) is 37.4. The first-order valence-electron chi connectivity index (χ1n) is 12.9. The molecule has 0 saturated carbocycles. The highest BCUT2D eigenvalue weighted by molar-refractivity contribution is 5.59. The Balaban J connectivity index is 0.000000190. The molecule has 2 bridgehead atoms. The van der Waals surface area contributed by atoms with Crippen LogP contribution in [-0.4, -0.2) is 170 Å². The number of rotatable bonds is 8. The van der Waals surface area contributed by atoms with E-state index in [0.717, 1.165) is 12.8 Å². The van der Waals surface area contributed by atoms with Gasteiger partial charge in [0.05, 0.1) is 36.9 Å². The quantitative estimate of drug-likeness (QED) is 0.256. The third kappa shape index (κ3) is 7.41. The summed E-state index contributed by atoms with van der Waals surface area (Å²) >= 11 is 0. The molecule has 0 spiro atoms. The molecule has 0 aromatic carbocycles. The number of hydrogen-bond donors (Lipinski definition) is 4. The standard InChI is InChI=1S/C8H15NO3.C8H17NO3.C8H15NO3/c1-3-11-7-5-4-9(2)6(7)8(10)12-5;2*1-3-12-8-6(5-10)9(2)4-7(8)11/h5-8,10H,3-4H2,1-2H3;6-8,10-11H,3-5H2,1-2H3;5-8,11H,3-4H2,1-2H3/t5-,6+,7+,8?;2*6-,7-,8-/m111/s1. The van der Waals surface area contributed by atoms with E-state index >= 15 is 0 Å². The second-order valence-electron chi connectivity index (χ2n) is 9.65. The normalized spacial score (nSPS) is 40.6. The molecule has 4 aliphatic heterocycles. The van der Waals surface area contributed by atoms with Crippen molar-refractivity contribution in [3.63, 3.8) is 0 Å². The number of likely N-dealkylation sites (tertiary alicyclic amines) is 3. The van der Waals surface area contributed by atoms with Crippen LogP contribution in [0.4, 0.5) is 0 Å². The van der Waals surface area contributed by atoms with Crippen LogP contribution >= 0.6 is 0 Å². The van der Waals surface area contributed by atoms with E-state index in [0.29, 0.717) is 32.9 Å². The van der Waals surface area contributed by atoms with E-state index in [9.17, 15) is 20.1 Å². The zero-order chi connectivity index (χ0) is 27.0. The van der Waals surface area contributed by atoms with Crippen LogP contribution in [0.15, 0.2) is 0 Å². The topological polar surface area (TPSA) is 145 Å². The number of β-amino-alcohol motifs (C(OH)–C–C–N with tert-alkyl or cyclic N) is 2. The van der Waals surface area contributed by atoms with E-state index in [1.807, 2.05) is 39.8 Å². The Kier molecular flexibility index (Phi) is 13.1. The number of aldehydes is 1. The molecule has 10 atom stereocenters. The minimum absolute atomic E-state index is 0.0370. The zero-order valence-electron chi connectivity index (χ0n) is 22.5.